The molecule has 120 valence electrons. The molecule has 23 heavy (non-hydrogen) atoms. The van der Waals surface area contributed by atoms with E-state index in [4.69, 9.17) is 5.10 Å². The number of amides is 1. The highest BCUT2D eigenvalue weighted by Gasteiger charge is 2.29. The van der Waals surface area contributed by atoms with Crippen molar-refractivity contribution in [1.82, 2.24) is 20.4 Å². The summed E-state index contributed by atoms with van der Waals surface area (Å²) in [5.41, 5.74) is 2.62. The van der Waals surface area contributed by atoms with Gasteiger partial charge in [0.25, 0.3) is 5.91 Å². The number of aromatic nitrogens is 2. The molecular formula is C18H22N4O. The second-order valence-corrected chi connectivity index (χ2v) is 6.49. The molecule has 5 heteroatoms. The minimum absolute atomic E-state index is 0.0260. The van der Waals surface area contributed by atoms with Gasteiger partial charge in [0.1, 0.15) is 5.69 Å². The van der Waals surface area contributed by atoms with Crippen LogP contribution in [0.2, 0.25) is 0 Å². The maximum absolute atomic E-state index is 12.8. The number of piperidine rings is 1. The first kappa shape index (κ1) is 14.5. The number of hydrogen-bond donors (Lipinski definition) is 2. The van der Waals surface area contributed by atoms with Crippen molar-refractivity contribution in [2.24, 2.45) is 0 Å². The monoisotopic (exact) mass is 310 g/mol. The van der Waals surface area contributed by atoms with Crippen LogP contribution in [0.15, 0.2) is 36.4 Å². The van der Waals surface area contributed by atoms with E-state index in [-0.39, 0.29) is 11.9 Å². The van der Waals surface area contributed by atoms with Gasteiger partial charge in [-0.3, -0.25) is 4.79 Å². The maximum atomic E-state index is 12.8. The molecule has 1 saturated heterocycles. The van der Waals surface area contributed by atoms with Crippen molar-refractivity contribution in [2.45, 2.75) is 37.6 Å². The average Bonchev–Trinajstić information content (AvgIpc) is 3.35. The molecule has 1 aliphatic heterocycles. The highest BCUT2D eigenvalue weighted by molar-refractivity contribution is 5.93. The predicted octanol–water partition coefficient (Wildman–Crippen LogP) is 2.23. The van der Waals surface area contributed by atoms with Crippen molar-refractivity contribution in [1.29, 1.82) is 0 Å². The van der Waals surface area contributed by atoms with Gasteiger partial charge in [0.15, 0.2) is 0 Å². The molecule has 2 fully saturated rings. The first-order valence-electron chi connectivity index (χ1n) is 8.48. The Balaban J connectivity index is 1.62. The Labute approximate surface area is 136 Å². The van der Waals surface area contributed by atoms with Crippen molar-refractivity contribution >= 4 is 5.91 Å². The van der Waals surface area contributed by atoms with Crippen LogP contribution < -0.4 is 10.6 Å². The van der Waals surface area contributed by atoms with E-state index in [1.807, 2.05) is 36.4 Å². The molecule has 0 spiro atoms. The van der Waals surface area contributed by atoms with Crippen LogP contribution in [0.25, 0.3) is 5.69 Å². The second-order valence-electron chi connectivity index (χ2n) is 6.49. The second kappa shape index (κ2) is 6.16. The van der Waals surface area contributed by atoms with Crippen LogP contribution in [0.3, 0.4) is 0 Å². The minimum atomic E-state index is -0.0260. The SMILES string of the molecule is O=C(N[C@H]1CCCNC1)c1cc(C2CC2)nn1-c1ccccc1. The van der Waals surface area contributed by atoms with Gasteiger partial charge in [-0.2, -0.15) is 5.10 Å². The van der Waals surface area contributed by atoms with Crippen molar-refractivity contribution in [3.8, 4) is 5.69 Å². The lowest BCUT2D eigenvalue weighted by molar-refractivity contribution is 0.0923. The van der Waals surface area contributed by atoms with Gasteiger partial charge in [-0.15, -0.1) is 0 Å². The van der Waals surface area contributed by atoms with Gasteiger partial charge in [-0.1, -0.05) is 18.2 Å². The molecule has 1 amide bonds. The molecule has 2 N–H and O–H groups in total. The third kappa shape index (κ3) is 3.15. The zero-order valence-electron chi connectivity index (χ0n) is 13.2. The third-order valence-electron chi connectivity index (χ3n) is 4.59. The van der Waals surface area contributed by atoms with Gasteiger partial charge in [-0.05, 0) is 50.4 Å². The fraction of sp³-hybridized carbons (Fsp3) is 0.444. The number of nitrogens with zero attached hydrogens (tertiary/aromatic N) is 2. The quantitative estimate of drug-likeness (QED) is 0.910. The van der Waals surface area contributed by atoms with Crippen LogP contribution in [0.1, 0.15) is 47.8 Å². The molecule has 1 atom stereocenters. The fourth-order valence-electron chi connectivity index (χ4n) is 3.14. The molecule has 1 aromatic carbocycles. The van der Waals surface area contributed by atoms with Gasteiger partial charge >= 0.3 is 0 Å². The summed E-state index contributed by atoms with van der Waals surface area (Å²) in [7, 11) is 0. The predicted molar refractivity (Wildman–Crippen MR) is 88.9 cm³/mol. The Bertz CT molecular complexity index is 684. The number of hydrogen-bond acceptors (Lipinski definition) is 3. The molecule has 2 aromatic rings. The van der Waals surface area contributed by atoms with Gasteiger partial charge < -0.3 is 10.6 Å². The first-order chi connectivity index (χ1) is 11.3. The van der Waals surface area contributed by atoms with Crippen LogP contribution in [-0.2, 0) is 0 Å². The lowest BCUT2D eigenvalue weighted by Gasteiger charge is -2.23. The van der Waals surface area contributed by atoms with E-state index in [1.165, 1.54) is 12.8 Å². The van der Waals surface area contributed by atoms with Crippen LogP contribution >= 0.6 is 0 Å². The number of rotatable bonds is 4. The molecule has 0 bridgehead atoms. The Hall–Kier alpha value is -2.14. The highest BCUT2D eigenvalue weighted by atomic mass is 16.2. The number of benzene rings is 1. The Morgan fingerprint density at radius 2 is 2.04 bits per heavy atom. The third-order valence-corrected chi connectivity index (χ3v) is 4.59. The molecule has 1 saturated carbocycles. The largest absolute Gasteiger partial charge is 0.347 e. The van der Waals surface area contributed by atoms with E-state index in [2.05, 4.69) is 10.6 Å². The zero-order valence-corrected chi connectivity index (χ0v) is 13.2. The smallest absolute Gasteiger partial charge is 0.270 e. The van der Waals surface area contributed by atoms with E-state index >= 15 is 0 Å². The van der Waals surface area contributed by atoms with E-state index in [0.29, 0.717) is 11.6 Å². The summed E-state index contributed by atoms with van der Waals surface area (Å²) in [6.45, 7) is 1.89. The summed E-state index contributed by atoms with van der Waals surface area (Å²) in [5, 5.41) is 11.2. The minimum Gasteiger partial charge on any atom is -0.347 e. The van der Waals surface area contributed by atoms with Crippen LogP contribution in [-0.4, -0.2) is 34.8 Å². The van der Waals surface area contributed by atoms with E-state index in [0.717, 1.165) is 37.3 Å². The average molecular weight is 310 g/mol. The molecule has 2 heterocycles. The van der Waals surface area contributed by atoms with Gasteiger partial charge in [0.2, 0.25) is 0 Å². The zero-order chi connectivity index (χ0) is 15.6. The Kier molecular flexibility index (Phi) is 3.87. The molecule has 5 nitrogen and oxygen atoms in total. The van der Waals surface area contributed by atoms with Gasteiger partial charge in [-0.25, -0.2) is 4.68 Å². The molecular weight excluding hydrogens is 288 g/mol. The Morgan fingerprint density at radius 3 is 2.74 bits per heavy atom. The van der Waals surface area contributed by atoms with Gasteiger partial charge in [0, 0.05) is 18.5 Å². The van der Waals surface area contributed by atoms with Crippen LogP contribution in [0.5, 0.6) is 0 Å². The summed E-state index contributed by atoms with van der Waals surface area (Å²) in [5.74, 6) is 0.504. The van der Waals surface area contributed by atoms with Crippen molar-refractivity contribution in [2.75, 3.05) is 13.1 Å². The molecule has 0 radical (unpaired) electrons. The number of carbonyl (C=O) groups is 1. The number of para-hydroxylation sites is 1. The topological polar surface area (TPSA) is 59.0 Å². The molecule has 2 aliphatic rings. The summed E-state index contributed by atoms with van der Waals surface area (Å²) in [6.07, 6.45) is 4.50. The lowest BCUT2D eigenvalue weighted by Crippen LogP contribution is -2.46. The first-order valence-corrected chi connectivity index (χ1v) is 8.48. The summed E-state index contributed by atoms with van der Waals surface area (Å²) in [6, 6.07) is 12.1. The van der Waals surface area contributed by atoms with E-state index < -0.39 is 0 Å². The fourth-order valence-corrected chi connectivity index (χ4v) is 3.14. The maximum Gasteiger partial charge on any atom is 0.270 e. The van der Waals surface area contributed by atoms with Gasteiger partial charge in [0.05, 0.1) is 11.4 Å². The van der Waals surface area contributed by atoms with Crippen molar-refractivity contribution < 1.29 is 4.79 Å². The Morgan fingerprint density at radius 1 is 1.22 bits per heavy atom. The molecule has 4 rings (SSSR count). The van der Waals surface area contributed by atoms with Crippen LogP contribution in [0, 0.1) is 0 Å². The lowest BCUT2D eigenvalue weighted by atomic mass is 10.1. The summed E-state index contributed by atoms with van der Waals surface area (Å²) in [4.78, 5) is 12.8. The molecule has 1 aliphatic carbocycles. The van der Waals surface area contributed by atoms with E-state index in [1.54, 1.807) is 4.68 Å². The van der Waals surface area contributed by atoms with Crippen molar-refractivity contribution in [3.63, 3.8) is 0 Å². The van der Waals surface area contributed by atoms with Crippen LogP contribution in [0.4, 0.5) is 0 Å². The summed E-state index contributed by atoms with van der Waals surface area (Å²) < 4.78 is 1.79. The normalized spacial score (nSPS) is 21.1. The summed E-state index contributed by atoms with van der Waals surface area (Å²) >= 11 is 0. The van der Waals surface area contributed by atoms with E-state index in [9.17, 15) is 4.79 Å². The van der Waals surface area contributed by atoms with Crippen molar-refractivity contribution in [3.05, 3.63) is 47.8 Å². The molecule has 0 unspecified atom stereocenters. The standard InChI is InChI=1S/C18H22N4O/c23-18(20-14-5-4-10-19-12-14)17-11-16(13-8-9-13)21-22(17)15-6-2-1-3-7-15/h1-3,6-7,11,13-14,19H,4-5,8-10,12H2,(H,20,23)/t14-/m0/s1. The number of nitrogens with one attached hydrogen (secondary N) is 2. The highest BCUT2D eigenvalue weighted by Crippen LogP contribution is 2.39. The molecule has 1 aromatic heterocycles. The number of carbonyl (C=O) groups excluding carboxylic acids is 1.